The van der Waals surface area contributed by atoms with Crippen molar-refractivity contribution in [2.24, 2.45) is 5.73 Å². The van der Waals surface area contributed by atoms with Gasteiger partial charge in [-0.3, -0.25) is 9.59 Å². The normalized spacial score (nSPS) is 18.3. The summed E-state index contributed by atoms with van der Waals surface area (Å²) in [6, 6.07) is 7.41. The quantitative estimate of drug-likeness (QED) is 0.918. The zero-order chi connectivity index (χ0) is 15.0. The van der Waals surface area contributed by atoms with E-state index in [9.17, 15) is 9.59 Å². The maximum atomic E-state index is 12.4. The van der Waals surface area contributed by atoms with Gasteiger partial charge in [-0.05, 0) is 31.0 Å². The van der Waals surface area contributed by atoms with Crippen LogP contribution in [0.1, 0.15) is 12.8 Å². The molecule has 6 heteroatoms. The SMILES string of the molecule is NC(=O)[C@@H]1CCCN1C(=O)Cn1ccc2c(Br)cccc21. The summed E-state index contributed by atoms with van der Waals surface area (Å²) < 4.78 is 2.90. The standard InChI is InChI=1S/C15H16BrN3O2/c16-11-3-1-4-12-10(11)6-8-18(12)9-14(20)19-7-2-5-13(19)15(17)21/h1,3-4,6,8,13H,2,5,7,9H2,(H2,17,21)/t13-/m0/s1. The van der Waals surface area contributed by atoms with Gasteiger partial charge in [-0.25, -0.2) is 0 Å². The van der Waals surface area contributed by atoms with Crippen LogP contribution in [0.25, 0.3) is 10.9 Å². The second-order valence-corrected chi connectivity index (χ2v) is 6.12. The first-order chi connectivity index (χ1) is 10.1. The average molecular weight is 350 g/mol. The van der Waals surface area contributed by atoms with Crippen LogP contribution in [-0.2, 0) is 16.1 Å². The van der Waals surface area contributed by atoms with Crippen molar-refractivity contribution in [3.8, 4) is 0 Å². The fourth-order valence-corrected chi connectivity index (χ4v) is 3.41. The molecule has 0 saturated carbocycles. The topological polar surface area (TPSA) is 68.3 Å². The Hall–Kier alpha value is -1.82. The number of carbonyl (C=O) groups is 2. The Labute approximate surface area is 130 Å². The third-order valence-electron chi connectivity index (χ3n) is 3.97. The second-order valence-electron chi connectivity index (χ2n) is 5.26. The highest BCUT2D eigenvalue weighted by atomic mass is 79.9. The van der Waals surface area contributed by atoms with Crippen LogP contribution in [0.15, 0.2) is 34.9 Å². The van der Waals surface area contributed by atoms with Crippen LogP contribution in [0.3, 0.4) is 0 Å². The number of fused-ring (bicyclic) bond motifs is 1. The molecule has 0 aliphatic carbocycles. The minimum absolute atomic E-state index is 0.0613. The van der Waals surface area contributed by atoms with E-state index in [4.69, 9.17) is 5.73 Å². The third-order valence-corrected chi connectivity index (χ3v) is 4.66. The highest BCUT2D eigenvalue weighted by Gasteiger charge is 2.32. The van der Waals surface area contributed by atoms with Crippen molar-refractivity contribution in [1.29, 1.82) is 0 Å². The van der Waals surface area contributed by atoms with Crippen LogP contribution in [-0.4, -0.2) is 33.9 Å². The first-order valence-electron chi connectivity index (χ1n) is 6.90. The summed E-state index contributed by atoms with van der Waals surface area (Å²) in [5.41, 5.74) is 6.36. The molecule has 1 aliphatic rings. The molecule has 1 aromatic heterocycles. The number of carbonyl (C=O) groups excluding carboxylic acids is 2. The van der Waals surface area contributed by atoms with Gasteiger partial charge in [0.2, 0.25) is 11.8 Å². The van der Waals surface area contributed by atoms with Crippen molar-refractivity contribution >= 4 is 38.6 Å². The summed E-state index contributed by atoms with van der Waals surface area (Å²) in [6.45, 7) is 0.832. The fourth-order valence-electron chi connectivity index (χ4n) is 2.92. The number of aromatic nitrogens is 1. The Bertz CT molecular complexity index is 710. The van der Waals surface area contributed by atoms with E-state index in [0.717, 1.165) is 21.8 Å². The number of likely N-dealkylation sites (tertiary alicyclic amines) is 1. The molecule has 1 atom stereocenters. The summed E-state index contributed by atoms with van der Waals surface area (Å²) in [7, 11) is 0. The van der Waals surface area contributed by atoms with E-state index in [1.54, 1.807) is 4.90 Å². The van der Waals surface area contributed by atoms with Gasteiger partial charge in [0.1, 0.15) is 12.6 Å². The van der Waals surface area contributed by atoms with Gasteiger partial charge in [0.05, 0.1) is 0 Å². The van der Waals surface area contributed by atoms with Gasteiger partial charge < -0.3 is 15.2 Å². The molecule has 1 aromatic carbocycles. The molecule has 2 heterocycles. The number of hydrogen-bond donors (Lipinski definition) is 1. The molecule has 1 saturated heterocycles. The second kappa shape index (κ2) is 5.52. The van der Waals surface area contributed by atoms with E-state index in [1.807, 2.05) is 35.0 Å². The van der Waals surface area contributed by atoms with Crippen molar-refractivity contribution in [1.82, 2.24) is 9.47 Å². The van der Waals surface area contributed by atoms with E-state index in [0.29, 0.717) is 13.0 Å². The van der Waals surface area contributed by atoms with Crippen LogP contribution in [0.5, 0.6) is 0 Å². The van der Waals surface area contributed by atoms with E-state index in [1.165, 1.54) is 0 Å². The van der Waals surface area contributed by atoms with Crippen LogP contribution in [0, 0.1) is 0 Å². The Morgan fingerprint density at radius 1 is 1.33 bits per heavy atom. The number of nitrogens with two attached hydrogens (primary N) is 1. The molecule has 21 heavy (non-hydrogen) atoms. The minimum atomic E-state index is -0.453. The van der Waals surface area contributed by atoms with E-state index in [2.05, 4.69) is 15.9 Å². The largest absolute Gasteiger partial charge is 0.368 e. The zero-order valence-corrected chi connectivity index (χ0v) is 13.0. The number of hydrogen-bond acceptors (Lipinski definition) is 2. The number of rotatable bonds is 3. The third kappa shape index (κ3) is 2.55. The van der Waals surface area contributed by atoms with Crippen LogP contribution in [0.4, 0.5) is 0 Å². The molecular weight excluding hydrogens is 334 g/mol. The number of halogens is 1. The molecule has 0 bridgehead atoms. The van der Waals surface area contributed by atoms with Gasteiger partial charge in [0.15, 0.2) is 0 Å². The zero-order valence-electron chi connectivity index (χ0n) is 11.5. The number of primary amides is 1. The molecule has 2 N–H and O–H groups in total. The number of benzene rings is 1. The van der Waals surface area contributed by atoms with Gasteiger partial charge in [-0.15, -0.1) is 0 Å². The first kappa shape index (κ1) is 14.1. The van der Waals surface area contributed by atoms with E-state index < -0.39 is 11.9 Å². The highest BCUT2D eigenvalue weighted by Crippen LogP contribution is 2.25. The van der Waals surface area contributed by atoms with Crippen LogP contribution in [0.2, 0.25) is 0 Å². The van der Waals surface area contributed by atoms with Crippen LogP contribution < -0.4 is 5.73 Å². The Kier molecular flexibility index (Phi) is 3.71. The molecule has 2 amide bonds. The lowest BCUT2D eigenvalue weighted by atomic mass is 10.2. The Morgan fingerprint density at radius 3 is 2.90 bits per heavy atom. The summed E-state index contributed by atoms with van der Waals surface area (Å²) in [4.78, 5) is 25.4. The van der Waals surface area contributed by atoms with Gasteiger partial charge in [-0.1, -0.05) is 22.0 Å². The van der Waals surface area contributed by atoms with E-state index >= 15 is 0 Å². The smallest absolute Gasteiger partial charge is 0.243 e. The summed E-state index contributed by atoms with van der Waals surface area (Å²) >= 11 is 3.50. The molecule has 110 valence electrons. The molecule has 0 spiro atoms. The summed E-state index contributed by atoms with van der Waals surface area (Å²) in [6.07, 6.45) is 3.39. The molecule has 3 rings (SSSR count). The monoisotopic (exact) mass is 349 g/mol. The molecular formula is C15H16BrN3O2. The average Bonchev–Trinajstić information content (AvgIpc) is 3.06. The first-order valence-corrected chi connectivity index (χ1v) is 7.69. The molecule has 1 fully saturated rings. The Morgan fingerprint density at radius 2 is 2.14 bits per heavy atom. The number of amides is 2. The van der Waals surface area contributed by atoms with Crippen molar-refractivity contribution < 1.29 is 9.59 Å². The lowest BCUT2D eigenvalue weighted by Crippen LogP contribution is -2.44. The minimum Gasteiger partial charge on any atom is -0.368 e. The molecule has 2 aromatic rings. The number of nitrogens with zero attached hydrogens (tertiary/aromatic N) is 2. The van der Waals surface area contributed by atoms with Crippen LogP contribution >= 0.6 is 15.9 Å². The maximum absolute atomic E-state index is 12.4. The fraction of sp³-hybridized carbons (Fsp3) is 0.333. The van der Waals surface area contributed by atoms with Gasteiger partial charge in [0.25, 0.3) is 0 Å². The van der Waals surface area contributed by atoms with Gasteiger partial charge in [-0.2, -0.15) is 0 Å². The predicted octanol–water partition coefficient (Wildman–Crippen LogP) is 1.88. The predicted molar refractivity (Wildman–Crippen MR) is 83.6 cm³/mol. The molecule has 0 radical (unpaired) electrons. The molecule has 5 nitrogen and oxygen atoms in total. The maximum Gasteiger partial charge on any atom is 0.243 e. The highest BCUT2D eigenvalue weighted by molar-refractivity contribution is 9.10. The summed E-state index contributed by atoms with van der Waals surface area (Å²) in [5.74, 6) is -0.477. The molecule has 1 aliphatic heterocycles. The van der Waals surface area contributed by atoms with Crippen molar-refractivity contribution in [3.05, 3.63) is 34.9 Å². The van der Waals surface area contributed by atoms with Gasteiger partial charge in [0, 0.05) is 28.1 Å². The molecule has 0 unspecified atom stereocenters. The summed E-state index contributed by atoms with van der Waals surface area (Å²) in [5, 5.41) is 1.07. The van der Waals surface area contributed by atoms with Crippen molar-refractivity contribution in [2.45, 2.75) is 25.4 Å². The lowest BCUT2D eigenvalue weighted by molar-refractivity contribution is -0.137. The van der Waals surface area contributed by atoms with E-state index in [-0.39, 0.29) is 12.5 Å². The lowest BCUT2D eigenvalue weighted by Gasteiger charge is -2.22. The van der Waals surface area contributed by atoms with Crippen molar-refractivity contribution in [2.75, 3.05) is 6.54 Å². The van der Waals surface area contributed by atoms with Gasteiger partial charge >= 0.3 is 0 Å². The van der Waals surface area contributed by atoms with Crippen molar-refractivity contribution in [3.63, 3.8) is 0 Å². The Balaban J connectivity index is 1.84.